The quantitative estimate of drug-likeness (QED) is 0.663. The van der Waals surface area contributed by atoms with E-state index in [1.165, 1.54) is 25.7 Å². The summed E-state index contributed by atoms with van der Waals surface area (Å²) in [7, 11) is 0. The number of hydrogen-bond acceptors (Lipinski definition) is 1. The van der Waals surface area contributed by atoms with Gasteiger partial charge in [-0.05, 0) is 36.5 Å². The molecule has 0 heterocycles. The topological polar surface area (TPSA) is 20.2 Å². The number of aliphatic hydroxyl groups excluding tert-OH is 1. The fourth-order valence-electron chi connectivity index (χ4n) is 3.49. The Kier molecular flexibility index (Phi) is 2.96. The Morgan fingerprint density at radius 2 is 2.07 bits per heavy atom. The standard InChI is InChI=1S/C12H21BrO/c1-8-4-3-5-9-6-10(13)11(14)7-12(8,9)2/h8-11,14H,3-7H2,1-2H3. The zero-order valence-corrected chi connectivity index (χ0v) is 10.8. The molecule has 1 N–H and O–H groups in total. The zero-order chi connectivity index (χ0) is 10.3. The van der Waals surface area contributed by atoms with Crippen molar-refractivity contribution in [1.82, 2.24) is 0 Å². The molecule has 0 aliphatic heterocycles. The van der Waals surface area contributed by atoms with Crippen molar-refractivity contribution in [3.63, 3.8) is 0 Å². The fourth-order valence-corrected chi connectivity index (χ4v) is 4.13. The van der Waals surface area contributed by atoms with Crippen molar-refractivity contribution >= 4 is 15.9 Å². The molecule has 0 aromatic heterocycles. The molecule has 2 aliphatic carbocycles. The molecule has 0 bridgehead atoms. The van der Waals surface area contributed by atoms with Crippen LogP contribution in [0.1, 0.15) is 46.0 Å². The maximum atomic E-state index is 9.95. The highest BCUT2D eigenvalue weighted by atomic mass is 79.9. The van der Waals surface area contributed by atoms with Gasteiger partial charge in [0.05, 0.1) is 6.10 Å². The molecule has 82 valence electrons. The van der Waals surface area contributed by atoms with Gasteiger partial charge in [0.2, 0.25) is 0 Å². The van der Waals surface area contributed by atoms with Crippen LogP contribution in [0.2, 0.25) is 0 Å². The van der Waals surface area contributed by atoms with Gasteiger partial charge in [-0.1, -0.05) is 42.6 Å². The number of rotatable bonds is 0. The van der Waals surface area contributed by atoms with Gasteiger partial charge in [0.1, 0.15) is 0 Å². The summed E-state index contributed by atoms with van der Waals surface area (Å²) in [6.07, 6.45) is 6.15. The van der Waals surface area contributed by atoms with Crippen LogP contribution < -0.4 is 0 Å². The van der Waals surface area contributed by atoms with Crippen LogP contribution in [0.25, 0.3) is 0 Å². The van der Waals surface area contributed by atoms with Crippen LogP contribution in [0.3, 0.4) is 0 Å². The monoisotopic (exact) mass is 260 g/mol. The van der Waals surface area contributed by atoms with Crippen LogP contribution in [0, 0.1) is 17.3 Å². The zero-order valence-electron chi connectivity index (χ0n) is 9.17. The van der Waals surface area contributed by atoms with Gasteiger partial charge in [-0.25, -0.2) is 0 Å². The van der Waals surface area contributed by atoms with Gasteiger partial charge in [0.25, 0.3) is 0 Å². The van der Waals surface area contributed by atoms with E-state index in [9.17, 15) is 5.11 Å². The van der Waals surface area contributed by atoms with Crippen LogP contribution in [0.15, 0.2) is 0 Å². The van der Waals surface area contributed by atoms with Crippen molar-refractivity contribution in [3.05, 3.63) is 0 Å². The number of fused-ring (bicyclic) bond motifs is 1. The summed E-state index contributed by atoms with van der Waals surface area (Å²) in [5, 5.41) is 9.95. The van der Waals surface area contributed by atoms with Gasteiger partial charge in [-0.3, -0.25) is 0 Å². The molecule has 0 radical (unpaired) electrons. The SMILES string of the molecule is CC1CCCC2CC(Br)C(O)CC12C. The summed E-state index contributed by atoms with van der Waals surface area (Å²) < 4.78 is 0. The summed E-state index contributed by atoms with van der Waals surface area (Å²) in [6, 6.07) is 0. The first-order valence-corrected chi connectivity index (χ1v) is 6.77. The Balaban J connectivity index is 2.17. The molecule has 2 rings (SSSR count). The number of alkyl halides is 1. The Bertz CT molecular complexity index is 218. The average Bonchev–Trinajstić information content (AvgIpc) is 2.11. The maximum Gasteiger partial charge on any atom is 0.0670 e. The van der Waals surface area contributed by atoms with Crippen LogP contribution in [-0.4, -0.2) is 16.0 Å². The van der Waals surface area contributed by atoms with E-state index >= 15 is 0 Å². The molecular weight excluding hydrogens is 240 g/mol. The lowest BCUT2D eigenvalue weighted by Crippen LogP contribution is -2.47. The fraction of sp³-hybridized carbons (Fsp3) is 1.00. The van der Waals surface area contributed by atoms with Crippen LogP contribution in [-0.2, 0) is 0 Å². The third kappa shape index (κ3) is 1.65. The first kappa shape index (κ1) is 10.9. The van der Waals surface area contributed by atoms with Crippen molar-refractivity contribution in [2.75, 3.05) is 0 Å². The molecule has 2 heteroatoms. The molecular formula is C12H21BrO. The van der Waals surface area contributed by atoms with Crippen LogP contribution in [0.4, 0.5) is 0 Å². The maximum absolute atomic E-state index is 9.95. The average molecular weight is 261 g/mol. The molecule has 2 saturated carbocycles. The van der Waals surface area contributed by atoms with Crippen LogP contribution in [0.5, 0.6) is 0 Å². The van der Waals surface area contributed by atoms with Gasteiger partial charge in [0.15, 0.2) is 0 Å². The lowest BCUT2D eigenvalue weighted by Gasteiger charge is -2.52. The lowest BCUT2D eigenvalue weighted by atomic mass is 9.55. The molecule has 0 saturated heterocycles. The van der Waals surface area contributed by atoms with Gasteiger partial charge >= 0.3 is 0 Å². The predicted octanol–water partition coefficient (Wildman–Crippen LogP) is 3.35. The highest BCUT2D eigenvalue weighted by Gasteiger charge is 2.47. The minimum atomic E-state index is -0.128. The smallest absolute Gasteiger partial charge is 0.0670 e. The summed E-state index contributed by atoms with van der Waals surface area (Å²) in [5.74, 6) is 1.62. The second kappa shape index (κ2) is 3.79. The molecule has 0 aromatic carbocycles. The summed E-state index contributed by atoms with van der Waals surface area (Å²) >= 11 is 3.61. The Morgan fingerprint density at radius 1 is 1.36 bits per heavy atom. The van der Waals surface area contributed by atoms with Crippen molar-refractivity contribution in [3.8, 4) is 0 Å². The van der Waals surface area contributed by atoms with E-state index < -0.39 is 0 Å². The van der Waals surface area contributed by atoms with Gasteiger partial charge in [-0.15, -0.1) is 0 Å². The van der Waals surface area contributed by atoms with E-state index in [1.54, 1.807) is 0 Å². The minimum Gasteiger partial charge on any atom is -0.392 e. The van der Waals surface area contributed by atoms with E-state index in [1.807, 2.05) is 0 Å². The first-order chi connectivity index (χ1) is 6.54. The van der Waals surface area contributed by atoms with Crippen LogP contribution >= 0.6 is 15.9 Å². The molecule has 0 spiro atoms. The first-order valence-electron chi connectivity index (χ1n) is 5.86. The molecule has 1 nitrogen and oxygen atoms in total. The molecule has 5 unspecified atom stereocenters. The van der Waals surface area contributed by atoms with Gasteiger partial charge in [0, 0.05) is 4.83 Å². The van der Waals surface area contributed by atoms with E-state index in [-0.39, 0.29) is 6.10 Å². The van der Waals surface area contributed by atoms with Crippen molar-refractivity contribution in [2.45, 2.75) is 56.9 Å². The largest absolute Gasteiger partial charge is 0.392 e. The molecule has 5 atom stereocenters. The highest BCUT2D eigenvalue weighted by Crippen LogP contribution is 2.54. The number of aliphatic hydroxyl groups is 1. The molecule has 0 amide bonds. The van der Waals surface area contributed by atoms with E-state index in [4.69, 9.17) is 0 Å². The second-order valence-corrected chi connectivity index (χ2v) is 6.73. The van der Waals surface area contributed by atoms with Gasteiger partial charge in [-0.2, -0.15) is 0 Å². The van der Waals surface area contributed by atoms with E-state index in [2.05, 4.69) is 29.8 Å². The Hall–Kier alpha value is 0.440. The number of halogens is 1. The van der Waals surface area contributed by atoms with Crippen molar-refractivity contribution in [1.29, 1.82) is 0 Å². The summed E-state index contributed by atoms with van der Waals surface area (Å²) in [6.45, 7) is 4.76. The van der Waals surface area contributed by atoms with Gasteiger partial charge < -0.3 is 5.11 Å². The van der Waals surface area contributed by atoms with Crippen molar-refractivity contribution in [2.24, 2.45) is 17.3 Å². The second-order valence-electron chi connectivity index (χ2n) is 5.56. The molecule has 0 aromatic rings. The Labute approximate surface area is 95.4 Å². The number of hydrogen-bond donors (Lipinski definition) is 1. The van der Waals surface area contributed by atoms with Crippen molar-refractivity contribution < 1.29 is 5.11 Å². The van der Waals surface area contributed by atoms with E-state index in [0.29, 0.717) is 10.2 Å². The molecule has 2 fully saturated rings. The van der Waals surface area contributed by atoms with E-state index in [0.717, 1.165) is 18.3 Å². The molecule has 14 heavy (non-hydrogen) atoms. The minimum absolute atomic E-state index is 0.128. The normalized spacial score (nSPS) is 54.0. The lowest BCUT2D eigenvalue weighted by molar-refractivity contribution is -0.0420. The molecule has 2 aliphatic rings. The predicted molar refractivity (Wildman–Crippen MR) is 62.6 cm³/mol. The Morgan fingerprint density at radius 3 is 2.79 bits per heavy atom. The summed E-state index contributed by atoms with van der Waals surface area (Å²) in [5.41, 5.74) is 0.405. The third-order valence-electron chi connectivity index (χ3n) is 4.82. The highest BCUT2D eigenvalue weighted by molar-refractivity contribution is 9.09. The third-order valence-corrected chi connectivity index (χ3v) is 5.81. The summed E-state index contributed by atoms with van der Waals surface area (Å²) in [4.78, 5) is 0.339.